The molecule has 0 radical (unpaired) electrons. The van der Waals surface area contributed by atoms with Gasteiger partial charge in [-0.05, 0) is 45.1 Å². The molecule has 120 valence electrons. The van der Waals surface area contributed by atoms with Gasteiger partial charge in [-0.1, -0.05) is 6.92 Å². The highest BCUT2D eigenvalue weighted by atomic mass is 19.4. The summed E-state index contributed by atoms with van der Waals surface area (Å²) in [5, 5.41) is 3.51. The molecular weight excluding hydrogens is 271 g/mol. The summed E-state index contributed by atoms with van der Waals surface area (Å²) in [7, 11) is 0. The van der Waals surface area contributed by atoms with Crippen LogP contribution >= 0.6 is 0 Å². The SMILES string of the molecule is CCCNC1CCC(OCCCOCC(F)(F)F)CC1. The topological polar surface area (TPSA) is 30.5 Å². The van der Waals surface area contributed by atoms with Gasteiger partial charge in [0, 0.05) is 19.3 Å². The third-order valence-corrected chi connectivity index (χ3v) is 3.41. The lowest BCUT2D eigenvalue weighted by atomic mass is 9.93. The molecule has 20 heavy (non-hydrogen) atoms. The summed E-state index contributed by atoms with van der Waals surface area (Å²) < 4.78 is 45.7. The van der Waals surface area contributed by atoms with Crippen LogP contribution < -0.4 is 5.32 Å². The van der Waals surface area contributed by atoms with Crippen molar-refractivity contribution in [3.63, 3.8) is 0 Å². The highest BCUT2D eigenvalue weighted by Crippen LogP contribution is 2.21. The molecule has 0 aromatic carbocycles. The van der Waals surface area contributed by atoms with Gasteiger partial charge in [0.1, 0.15) is 6.61 Å². The zero-order chi connectivity index (χ0) is 14.8. The van der Waals surface area contributed by atoms with Crippen molar-refractivity contribution in [2.24, 2.45) is 0 Å². The van der Waals surface area contributed by atoms with Crippen LogP contribution in [0.25, 0.3) is 0 Å². The number of ether oxygens (including phenoxy) is 2. The van der Waals surface area contributed by atoms with Crippen molar-refractivity contribution < 1.29 is 22.6 Å². The minimum Gasteiger partial charge on any atom is -0.378 e. The first-order chi connectivity index (χ1) is 9.51. The molecule has 3 nitrogen and oxygen atoms in total. The van der Waals surface area contributed by atoms with E-state index in [2.05, 4.69) is 17.0 Å². The number of hydrogen-bond acceptors (Lipinski definition) is 3. The van der Waals surface area contributed by atoms with E-state index in [1.165, 1.54) is 0 Å². The second-order valence-electron chi connectivity index (χ2n) is 5.32. The summed E-state index contributed by atoms with van der Waals surface area (Å²) in [6.07, 6.45) is 2.00. The summed E-state index contributed by atoms with van der Waals surface area (Å²) in [6.45, 7) is 2.64. The summed E-state index contributed by atoms with van der Waals surface area (Å²) >= 11 is 0. The van der Waals surface area contributed by atoms with Crippen molar-refractivity contribution in [2.45, 2.75) is 63.8 Å². The predicted molar refractivity (Wildman–Crippen MR) is 71.8 cm³/mol. The molecule has 0 atom stereocenters. The summed E-state index contributed by atoms with van der Waals surface area (Å²) in [5.74, 6) is 0. The Labute approximate surface area is 119 Å². The molecule has 0 aromatic heterocycles. The lowest BCUT2D eigenvalue weighted by Crippen LogP contribution is -2.35. The van der Waals surface area contributed by atoms with Crippen LogP contribution in [0.1, 0.15) is 45.4 Å². The van der Waals surface area contributed by atoms with E-state index in [0.717, 1.165) is 38.6 Å². The number of nitrogens with one attached hydrogen (secondary N) is 1. The summed E-state index contributed by atoms with van der Waals surface area (Å²) in [6, 6.07) is 0.602. The van der Waals surface area contributed by atoms with E-state index in [1.54, 1.807) is 0 Å². The quantitative estimate of drug-likeness (QED) is 0.663. The van der Waals surface area contributed by atoms with E-state index in [1.807, 2.05) is 0 Å². The van der Waals surface area contributed by atoms with Crippen molar-refractivity contribution in [2.75, 3.05) is 26.4 Å². The molecule has 0 aromatic rings. The van der Waals surface area contributed by atoms with Gasteiger partial charge in [-0.3, -0.25) is 0 Å². The molecular formula is C14H26F3NO2. The maximum atomic E-state index is 11.8. The first-order valence-corrected chi connectivity index (χ1v) is 7.50. The van der Waals surface area contributed by atoms with Crippen LogP contribution in [0.2, 0.25) is 0 Å². The second-order valence-corrected chi connectivity index (χ2v) is 5.32. The minimum atomic E-state index is -4.23. The van der Waals surface area contributed by atoms with Crippen LogP contribution in [0.5, 0.6) is 0 Å². The van der Waals surface area contributed by atoms with Crippen LogP contribution in [-0.4, -0.2) is 44.7 Å². The predicted octanol–water partition coefficient (Wildman–Crippen LogP) is 3.28. The Bertz CT molecular complexity index is 241. The fraction of sp³-hybridized carbons (Fsp3) is 1.00. The van der Waals surface area contributed by atoms with Crippen molar-refractivity contribution in [1.29, 1.82) is 0 Å². The zero-order valence-electron chi connectivity index (χ0n) is 12.2. The van der Waals surface area contributed by atoms with E-state index < -0.39 is 12.8 Å². The molecule has 1 fully saturated rings. The molecule has 6 heteroatoms. The molecule has 0 spiro atoms. The average Bonchev–Trinajstić information content (AvgIpc) is 2.40. The zero-order valence-corrected chi connectivity index (χ0v) is 12.2. The van der Waals surface area contributed by atoms with E-state index in [-0.39, 0.29) is 12.7 Å². The van der Waals surface area contributed by atoms with Crippen LogP contribution in [0.15, 0.2) is 0 Å². The molecule has 0 heterocycles. The van der Waals surface area contributed by atoms with Gasteiger partial charge in [-0.2, -0.15) is 13.2 Å². The maximum absolute atomic E-state index is 11.8. The first kappa shape index (κ1) is 17.7. The lowest BCUT2D eigenvalue weighted by Gasteiger charge is -2.29. The van der Waals surface area contributed by atoms with Crippen molar-refractivity contribution in [3.05, 3.63) is 0 Å². The van der Waals surface area contributed by atoms with Crippen molar-refractivity contribution >= 4 is 0 Å². The van der Waals surface area contributed by atoms with Gasteiger partial charge >= 0.3 is 6.18 Å². The van der Waals surface area contributed by atoms with E-state index in [9.17, 15) is 13.2 Å². The largest absolute Gasteiger partial charge is 0.411 e. The van der Waals surface area contributed by atoms with Gasteiger partial charge in [0.25, 0.3) is 0 Å². The highest BCUT2D eigenvalue weighted by molar-refractivity contribution is 4.77. The van der Waals surface area contributed by atoms with E-state index >= 15 is 0 Å². The minimum absolute atomic E-state index is 0.104. The number of hydrogen-bond donors (Lipinski definition) is 1. The van der Waals surface area contributed by atoms with Crippen LogP contribution in [-0.2, 0) is 9.47 Å². The summed E-state index contributed by atoms with van der Waals surface area (Å²) in [4.78, 5) is 0. The standard InChI is InChI=1S/C14H26F3NO2/c1-2-8-18-12-4-6-13(7-5-12)20-10-3-9-19-11-14(15,16)17/h12-13,18H,2-11H2,1H3. The maximum Gasteiger partial charge on any atom is 0.411 e. The third-order valence-electron chi connectivity index (χ3n) is 3.41. The van der Waals surface area contributed by atoms with Crippen molar-refractivity contribution in [3.8, 4) is 0 Å². The number of rotatable bonds is 9. The Kier molecular flexibility index (Phi) is 8.49. The van der Waals surface area contributed by atoms with Gasteiger partial charge < -0.3 is 14.8 Å². The molecule has 0 aliphatic heterocycles. The van der Waals surface area contributed by atoms with Gasteiger partial charge in [-0.25, -0.2) is 0 Å². The van der Waals surface area contributed by atoms with Crippen LogP contribution in [0.3, 0.4) is 0 Å². The fourth-order valence-corrected chi connectivity index (χ4v) is 2.38. The molecule has 1 aliphatic rings. The van der Waals surface area contributed by atoms with Crippen LogP contribution in [0.4, 0.5) is 13.2 Å². The Morgan fingerprint density at radius 1 is 1.10 bits per heavy atom. The monoisotopic (exact) mass is 297 g/mol. The molecule has 0 unspecified atom stereocenters. The molecule has 1 rings (SSSR count). The van der Waals surface area contributed by atoms with Crippen LogP contribution in [0, 0.1) is 0 Å². The molecule has 1 N–H and O–H groups in total. The fourth-order valence-electron chi connectivity index (χ4n) is 2.38. The highest BCUT2D eigenvalue weighted by Gasteiger charge is 2.27. The van der Waals surface area contributed by atoms with E-state index in [4.69, 9.17) is 4.74 Å². The van der Waals surface area contributed by atoms with Gasteiger partial charge in [0.2, 0.25) is 0 Å². The first-order valence-electron chi connectivity index (χ1n) is 7.50. The molecule has 1 saturated carbocycles. The van der Waals surface area contributed by atoms with Gasteiger partial charge in [0.05, 0.1) is 6.10 Å². The number of alkyl halides is 3. The van der Waals surface area contributed by atoms with E-state index in [0.29, 0.717) is 19.1 Å². The molecule has 0 bridgehead atoms. The average molecular weight is 297 g/mol. The molecule has 0 amide bonds. The molecule has 1 aliphatic carbocycles. The normalized spacial score (nSPS) is 24.0. The van der Waals surface area contributed by atoms with Gasteiger partial charge in [-0.15, -0.1) is 0 Å². The van der Waals surface area contributed by atoms with Gasteiger partial charge in [0.15, 0.2) is 0 Å². The number of halogens is 3. The Balaban J connectivity index is 1.94. The Morgan fingerprint density at radius 3 is 2.40 bits per heavy atom. The Morgan fingerprint density at radius 2 is 1.80 bits per heavy atom. The Hall–Kier alpha value is -0.330. The lowest BCUT2D eigenvalue weighted by molar-refractivity contribution is -0.174. The summed E-state index contributed by atoms with van der Waals surface area (Å²) in [5.41, 5.74) is 0. The third kappa shape index (κ3) is 8.76. The second kappa shape index (κ2) is 9.58. The molecule has 0 saturated heterocycles. The smallest absolute Gasteiger partial charge is 0.378 e. The van der Waals surface area contributed by atoms with Crippen molar-refractivity contribution in [1.82, 2.24) is 5.32 Å².